The van der Waals surface area contributed by atoms with Crippen LogP contribution in [0.1, 0.15) is 50.7 Å². The van der Waals surface area contributed by atoms with Gasteiger partial charge < -0.3 is 19.7 Å². The third-order valence-corrected chi connectivity index (χ3v) is 6.23. The van der Waals surface area contributed by atoms with Crippen LogP contribution in [0.2, 0.25) is 10.0 Å². The quantitative estimate of drug-likeness (QED) is 0.354. The second kappa shape index (κ2) is 14.1. The SMILES string of the molecule is CCCCNC(=O)C(CC)N(Cc1ccc(Cl)cc1Cl)C(=O)CCc1ccc(OC)c(OC)c1. The molecule has 8 heteroatoms. The Labute approximate surface area is 212 Å². The minimum Gasteiger partial charge on any atom is -0.493 e. The minimum atomic E-state index is -0.596. The summed E-state index contributed by atoms with van der Waals surface area (Å²) in [7, 11) is 3.16. The van der Waals surface area contributed by atoms with E-state index in [0.717, 1.165) is 24.0 Å². The molecule has 34 heavy (non-hydrogen) atoms. The predicted molar refractivity (Wildman–Crippen MR) is 137 cm³/mol. The predicted octanol–water partition coefficient (Wildman–Crippen LogP) is 5.67. The van der Waals surface area contributed by atoms with E-state index in [1.807, 2.05) is 25.1 Å². The number of amides is 2. The van der Waals surface area contributed by atoms with Crippen LogP contribution in [0.5, 0.6) is 11.5 Å². The van der Waals surface area contributed by atoms with Gasteiger partial charge in [0, 0.05) is 29.6 Å². The number of methoxy groups -OCH3 is 2. The number of benzene rings is 2. The maximum atomic E-state index is 13.4. The number of aryl methyl sites for hydroxylation is 1. The van der Waals surface area contributed by atoms with Crippen molar-refractivity contribution in [3.8, 4) is 11.5 Å². The van der Waals surface area contributed by atoms with Gasteiger partial charge in [0.25, 0.3) is 0 Å². The summed E-state index contributed by atoms with van der Waals surface area (Å²) in [6.45, 7) is 4.78. The Hall–Kier alpha value is -2.44. The summed E-state index contributed by atoms with van der Waals surface area (Å²) in [5.41, 5.74) is 1.68. The molecule has 0 heterocycles. The largest absolute Gasteiger partial charge is 0.493 e. The highest BCUT2D eigenvalue weighted by molar-refractivity contribution is 6.35. The number of halogens is 2. The van der Waals surface area contributed by atoms with Crippen LogP contribution >= 0.6 is 23.2 Å². The maximum Gasteiger partial charge on any atom is 0.242 e. The van der Waals surface area contributed by atoms with Crippen molar-refractivity contribution in [2.45, 2.75) is 58.5 Å². The number of nitrogens with zero attached hydrogens (tertiary/aromatic N) is 1. The van der Waals surface area contributed by atoms with Crippen molar-refractivity contribution in [1.82, 2.24) is 10.2 Å². The lowest BCUT2D eigenvalue weighted by atomic mass is 10.1. The molecule has 0 fully saturated rings. The molecule has 6 nitrogen and oxygen atoms in total. The van der Waals surface area contributed by atoms with Crippen molar-refractivity contribution in [3.63, 3.8) is 0 Å². The highest BCUT2D eigenvalue weighted by Gasteiger charge is 2.28. The van der Waals surface area contributed by atoms with E-state index in [0.29, 0.717) is 40.9 Å². The number of carbonyl (C=O) groups excluding carboxylic acids is 2. The minimum absolute atomic E-state index is 0.127. The number of hydrogen-bond acceptors (Lipinski definition) is 4. The van der Waals surface area contributed by atoms with E-state index in [-0.39, 0.29) is 24.8 Å². The van der Waals surface area contributed by atoms with Crippen LogP contribution in [0.3, 0.4) is 0 Å². The van der Waals surface area contributed by atoms with Gasteiger partial charge in [-0.3, -0.25) is 9.59 Å². The summed E-state index contributed by atoms with van der Waals surface area (Å²) in [6, 6.07) is 10.2. The molecule has 0 aliphatic rings. The molecule has 0 bridgehead atoms. The number of nitrogens with one attached hydrogen (secondary N) is 1. The van der Waals surface area contributed by atoms with Crippen molar-refractivity contribution in [1.29, 1.82) is 0 Å². The molecule has 0 aliphatic heterocycles. The highest BCUT2D eigenvalue weighted by atomic mass is 35.5. The zero-order chi connectivity index (χ0) is 25.1. The van der Waals surface area contributed by atoms with Crippen LogP contribution in [0.4, 0.5) is 0 Å². The number of hydrogen-bond donors (Lipinski definition) is 1. The van der Waals surface area contributed by atoms with Crippen LogP contribution in [-0.2, 0) is 22.6 Å². The average Bonchev–Trinajstić information content (AvgIpc) is 2.83. The molecule has 0 spiro atoms. The van der Waals surface area contributed by atoms with Gasteiger partial charge in [0.15, 0.2) is 11.5 Å². The summed E-state index contributed by atoms with van der Waals surface area (Å²) >= 11 is 12.4. The van der Waals surface area contributed by atoms with Gasteiger partial charge in [-0.1, -0.05) is 55.6 Å². The first kappa shape index (κ1) is 27.8. The Balaban J connectivity index is 2.24. The molecule has 2 aromatic carbocycles. The van der Waals surface area contributed by atoms with Crippen LogP contribution in [0.15, 0.2) is 36.4 Å². The average molecular weight is 509 g/mol. The van der Waals surface area contributed by atoms with E-state index in [9.17, 15) is 9.59 Å². The first-order valence-corrected chi connectivity index (χ1v) is 12.3. The van der Waals surface area contributed by atoms with Gasteiger partial charge in [-0.15, -0.1) is 0 Å². The molecule has 0 saturated carbocycles. The summed E-state index contributed by atoms with van der Waals surface area (Å²) in [6.07, 6.45) is 3.09. The number of rotatable bonds is 13. The van der Waals surface area contributed by atoms with Crippen LogP contribution < -0.4 is 14.8 Å². The monoisotopic (exact) mass is 508 g/mol. The van der Waals surface area contributed by atoms with E-state index in [1.165, 1.54) is 0 Å². The second-order valence-corrected chi connectivity index (χ2v) is 8.86. The molecular weight excluding hydrogens is 475 g/mol. The molecule has 1 atom stereocenters. The summed E-state index contributed by atoms with van der Waals surface area (Å²) in [5, 5.41) is 3.95. The lowest BCUT2D eigenvalue weighted by Crippen LogP contribution is -2.49. The third kappa shape index (κ3) is 7.81. The fourth-order valence-electron chi connectivity index (χ4n) is 3.69. The fraction of sp³-hybridized carbons (Fsp3) is 0.462. The van der Waals surface area contributed by atoms with Crippen molar-refractivity contribution in [2.24, 2.45) is 0 Å². The molecule has 0 aromatic heterocycles. The molecule has 0 radical (unpaired) electrons. The van der Waals surface area contributed by atoms with Gasteiger partial charge in [0.1, 0.15) is 6.04 Å². The van der Waals surface area contributed by atoms with Crippen molar-refractivity contribution in [2.75, 3.05) is 20.8 Å². The Bertz CT molecular complexity index is 968. The molecule has 2 amide bonds. The molecule has 1 N–H and O–H groups in total. The standard InChI is InChI=1S/C26H34Cl2N2O4/c1-5-7-14-29-26(32)22(6-2)30(17-19-10-11-20(27)16-21(19)28)25(31)13-9-18-8-12-23(33-3)24(15-18)34-4/h8,10-12,15-16,22H,5-7,9,13-14,17H2,1-4H3,(H,29,32). The topological polar surface area (TPSA) is 67.9 Å². The zero-order valence-corrected chi connectivity index (χ0v) is 21.8. The number of carbonyl (C=O) groups is 2. The Morgan fingerprint density at radius 3 is 2.38 bits per heavy atom. The molecule has 0 aliphatic carbocycles. The van der Waals surface area contributed by atoms with E-state index < -0.39 is 6.04 Å². The van der Waals surface area contributed by atoms with Gasteiger partial charge in [0.05, 0.1) is 14.2 Å². The normalized spacial score (nSPS) is 11.6. The highest BCUT2D eigenvalue weighted by Crippen LogP contribution is 2.28. The molecule has 0 saturated heterocycles. The Morgan fingerprint density at radius 1 is 1.03 bits per heavy atom. The second-order valence-electron chi connectivity index (χ2n) is 8.02. The van der Waals surface area contributed by atoms with Gasteiger partial charge in [-0.25, -0.2) is 0 Å². The number of ether oxygens (including phenoxy) is 2. The van der Waals surface area contributed by atoms with Crippen LogP contribution in [0, 0.1) is 0 Å². The number of unbranched alkanes of at least 4 members (excludes halogenated alkanes) is 1. The first-order valence-electron chi connectivity index (χ1n) is 11.6. The van der Waals surface area contributed by atoms with Gasteiger partial charge in [-0.05, 0) is 54.7 Å². The van der Waals surface area contributed by atoms with E-state index in [4.69, 9.17) is 32.7 Å². The van der Waals surface area contributed by atoms with E-state index >= 15 is 0 Å². The third-order valence-electron chi connectivity index (χ3n) is 5.65. The molecule has 2 aromatic rings. The molecular formula is C26H34Cl2N2O4. The van der Waals surface area contributed by atoms with Crippen molar-refractivity contribution in [3.05, 3.63) is 57.6 Å². The van der Waals surface area contributed by atoms with Gasteiger partial charge in [0.2, 0.25) is 11.8 Å². The van der Waals surface area contributed by atoms with Crippen LogP contribution in [-0.4, -0.2) is 43.5 Å². The van der Waals surface area contributed by atoms with Crippen LogP contribution in [0.25, 0.3) is 0 Å². The van der Waals surface area contributed by atoms with Crippen molar-refractivity contribution >= 4 is 35.0 Å². The molecule has 186 valence electrons. The summed E-state index contributed by atoms with van der Waals surface area (Å²) in [5.74, 6) is 0.962. The van der Waals surface area contributed by atoms with Gasteiger partial charge >= 0.3 is 0 Å². The van der Waals surface area contributed by atoms with E-state index in [2.05, 4.69) is 12.2 Å². The van der Waals surface area contributed by atoms with Crippen molar-refractivity contribution < 1.29 is 19.1 Å². The summed E-state index contributed by atoms with van der Waals surface area (Å²) < 4.78 is 10.7. The maximum absolute atomic E-state index is 13.4. The molecule has 1 unspecified atom stereocenters. The Morgan fingerprint density at radius 2 is 1.76 bits per heavy atom. The lowest BCUT2D eigenvalue weighted by Gasteiger charge is -2.31. The Kier molecular flexibility index (Phi) is 11.5. The fourth-order valence-corrected chi connectivity index (χ4v) is 4.16. The first-order chi connectivity index (χ1) is 16.3. The lowest BCUT2D eigenvalue weighted by molar-refractivity contribution is -0.141. The van der Waals surface area contributed by atoms with Gasteiger partial charge in [-0.2, -0.15) is 0 Å². The summed E-state index contributed by atoms with van der Waals surface area (Å²) in [4.78, 5) is 28.0. The smallest absolute Gasteiger partial charge is 0.242 e. The zero-order valence-electron chi connectivity index (χ0n) is 20.3. The van der Waals surface area contributed by atoms with E-state index in [1.54, 1.807) is 37.3 Å². The molecule has 2 rings (SSSR count).